The molecule has 2 aliphatic rings. The van der Waals surface area contributed by atoms with Crippen LogP contribution in [0.3, 0.4) is 0 Å². The predicted octanol–water partition coefficient (Wildman–Crippen LogP) is 2.79. The third-order valence-corrected chi connectivity index (χ3v) is 7.37. The minimum absolute atomic E-state index is 0.118. The molecule has 27 heavy (non-hydrogen) atoms. The summed E-state index contributed by atoms with van der Waals surface area (Å²) in [7, 11) is 0. The van der Waals surface area contributed by atoms with Crippen LogP contribution in [0.4, 0.5) is 0 Å². The topological polar surface area (TPSA) is 66.4 Å². The van der Waals surface area contributed by atoms with Crippen molar-refractivity contribution >= 4 is 45.1 Å². The van der Waals surface area contributed by atoms with Crippen molar-refractivity contribution in [2.24, 2.45) is 5.92 Å². The molecule has 0 unspecified atom stereocenters. The number of hydrogen-bond acceptors (Lipinski definition) is 6. The molecule has 1 aliphatic heterocycles. The molecule has 144 valence electrons. The zero-order valence-electron chi connectivity index (χ0n) is 15.9. The summed E-state index contributed by atoms with van der Waals surface area (Å²) in [5.41, 5.74) is 1.21. The second-order valence-corrected chi connectivity index (χ2v) is 9.48. The number of aryl methyl sites for hydroxylation is 3. The Kier molecular flexibility index (Phi) is 5.11. The summed E-state index contributed by atoms with van der Waals surface area (Å²) in [4.78, 5) is 40.0. The number of thioether (sulfide) groups is 1. The lowest BCUT2D eigenvalue weighted by molar-refractivity contribution is -0.139. The Bertz CT molecular complexity index is 899. The van der Waals surface area contributed by atoms with Crippen molar-refractivity contribution in [3.05, 3.63) is 16.3 Å². The second kappa shape index (κ2) is 7.39. The molecule has 2 aromatic heterocycles. The number of rotatable bonds is 4. The van der Waals surface area contributed by atoms with E-state index in [1.165, 1.54) is 22.2 Å². The van der Waals surface area contributed by atoms with Gasteiger partial charge < -0.3 is 9.80 Å². The van der Waals surface area contributed by atoms with Gasteiger partial charge in [-0.1, -0.05) is 11.8 Å². The Hall–Kier alpha value is -1.67. The highest BCUT2D eigenvalue weighted by Crippen LogP contribution is 2.35. The molecule has 6 nitrogen and oxygen atoms in total. The number of thiophene rings is 1. The van der Waals surface area contributed by atoms with Crippen molar-refractivity contribution in [2.75, 3.05) is 31.9 Å². The molecular weight excluding hydrogens is 380 g/mol. The summed E-state index contributed by atoms with van der Waals surface area (Å²) in [5, 5.41) is 1.98. The number of aromatic nitrogens is 2. The van der Waals surface area contributed by atoms with Gasteiger partial charge in [-0.3, -0.25) is 9.59 Å². The van der Waals surface area contributed by atoms with Gasteiger partial charge in [-0.2, -0.15) is 0 Å². The van der Waals surface area contributed by atoms with Gasteiger partial charge in [-0.25, -0.2) is 9.97 Å². The fraction of sp³-hybridized carbons (Fsp3) is 0.579. The van der Waals surface area contributed by atoms with Gasteiger partial charge in [0.25, 0.3) is 0 Å². The van der Waals surface area contributed by atoms with E-state index in [1.54, 1.807) is 11.3 Å². The van der Waals surface area contributed by atoms with Gasteiger partial charge in [-0.15, -0.1) is 11.3 Å². The normalized spacial score (nSPS) is 17.6. The number of fused-ring (bicyclic) bond motifs is 1. The first-order chi connectivity index (χ1) is 12.9. The first-order valence-electron chi connectivity index (χ1n) is 9.37. The molecule has 2 aromatic rings. The first kappa shape index (κ1) is 18.7. The summed E-state index contributed by atoms with van der Waals surface area (Å²) >= 11 is 3.18. The lowest BCUT2D eigenvalue weighted by Gasteiger charge is -2.34. The zero-order chi connectivity index (χ0) is 19.1. The average molecular weight is 405 g/mol. The highest BCUT2D eigenvalue weighted by molar-refractivity contribution is 8.00. The molecule has 1 saturated carbocycles. The number of carbonyl (C=O) groups is 2. The van der Waals surface area contributed by atoms with Crippen LogP contribution in [-0.2, 0) is 9.59 Å². The monoisotopic (exact) mass is 404 g/mol. The summed E-state index contributed by atoms with van der Waals surface area (Å²) in [6.45, 7) is 8.66. The van der Waals surface area contributed by atoms with Gasteiger partial charge in [0.1, 0.15) is 15.7 Å². The zero-order valence-corrected chi connectivity index (χ0v) is 17.6. The second-order valence-electron chi connectivity index (χ2n) is 7.31. The molecular formula is C19H24N4O2S2. The molecule has 3 heterocycles. The van der Waals surface area contributed by atoms with Gasteiger partial charge in [0.05, 0.1) is 5.75 Å². The fourth-order valence-electron chi connectivity index (χ4n) is 3.40. The van der Waals surface area contributed by atoms with E-state index in [9.17, 15) is 9.59 Å². The Labute approximate surface area is 167 Å². The standard InChI is InChI=1S/C19H24N4O2S2/c1-11-12(2)27-18-16(11)17(20-13(3)21-18)26-10-15(24)22-6-8-23(9-7-22)19(25)14-4-5-14/h14H,4-10H2,1-3H3. The fourth-order valence-corrected chi connectivity index (χ4v) is 5.58. The summed E-state index contributed by atoms with van der Waals surface area (Å²) in [6, 6.07) is 0. The smallest absolute Gasteiger partial charge is 0.233 e. The van der Waals surface area contributed by atoms with Gasteiger partial charge in [0, 0.05) is 42.4 Å². The van der Waals surface area contributed by atoms with Crippen LogP contribution in [-0.4, -0.2) is 63.5 Å². The molecule has 2 fully saturated rings. The van der Waals surface area contributed by atoms with Crippen molar-refractivity contribution in [1.29, 1.82) is 0 Å². The number of piperazine rings is 1. The van der Waals surface area contributed by atoms with Crippen LogP contribution in [0.5, 0.6) is 0 Å². The maximum Gasteiger partial charge on any atom is 0.233 e. The maximum absolute atomic E-state index is 12.7. The third kappa shape index (κ3) is 3.82. The Morgan fingerprint density at radius 1 is 1.07 bits per heavy atom. The molecule has 0 spiro atoms. The van der Waals surface area contributed by atoms with Crippen molar-refractivity contribution in [3.63, 3.8) is 0 Å². The number of amides is 2. The minimum Gasteiger partial charge on any atom is -0.339 e. The molecule has 0 atom stereocenters. The van der Waals surface area contributed by atoms with Crippen molar-refractivity contribution in [2.45, 2.75) is 38.6 Å². The van der Waals surface area contributed by atoms with Gasteiger partial charge in [-0.05, 0) is 39.2 Å². The van der Waals surface area contributed by atoms with Crippen molar-refractivity contribution < 1.29 is 9.59 Å². The third-order valence-electron chi connectivity index (χ3n) is 5.31. The highest BCUT2D eigenvalue weighted by atomic mass is 32.2. The molecule has 1 aliphatic carbocycles. The molecule has 1 saturated heterocycles. The minimum atomic E-state index is 0.118. The molecule has 4 rings (SSSR count). The van der Waals surface area contributed by atoms with Crippen LogP contribution < -0.4 is 0 Å². The van der Waals surface area contributed by atoms with Gasteiger partial charge in [0.15, 0.2) is 0 Å². The average Bonchev–Trinajstić information content (AvgIpc) is 3.46. The highest BCUT2D eigenvalue weighted by Gasteiger charge is 2.35. The van der Waals surface area contributed by atoms with E-state index in [0.717, 1.165) is 33.9 Å². The van der Waals surface area contributed by atoms with Crippen LogP contribution in [0.1, 0.15) is 29.1 Å². The Morgan fingerprint density at radius 2 is 1.74 bits per heavy atom. The van der Waals surface area contributed by atoms with Crippen LogP contribution in [0, 0.1) is 26.7 Å². The Morgan fingerprint density at radius 3 is 2.41 bits per heavy atom. The molecule has 0 aromatic carbocycles. The van der Waals surface area contributed by atoms with E-state index >= 15 is 0 Å². The lowest BCUT2D eigenvalue weighted by atomic mass is 10.2. The van der Waals surface area contributed by atoms with Gasteiger partial charge >= 0.3 is 0 Å². The summed E-state index contributed by atoms with van der Waals surface area (Å²) < 4.78 is 0. The van der Waals surface area contributed by atoms with E-state index in [1.807, 2.05) is 16.7 Å². The number of nitrogens with zero attached hydrogens (tertiary/aromatic N) is 4. The Balaban J connectivity index is 1.38. The largest absolute Gasteiger partial charge is 0.339 e. The first-order valence-corrected chi connectivity index (χ1v) is 11.2. The molecule has 0 N–H and O–H groups in total. The number of hydrogen-bond donors (Lipinski definition) is 0. The molecule has 8 heteroatoms. The van der Waals surface area contributed by atoms with E-state index in [-0.39, 0.29) is 17.7 Å². The summed E-state index contributed by atoms with van der Waals surface area (Å²) in [5.74, 6) is 1.76. The van der Waals surface area contributed by atoms with E-state index in [4.69, 9.17) is 0 Å². The van der Waals surface area contributed by atoms with E-state index < -0.39 is 0 Å². The van der Waals surface area contributed by atoms with Crippen molar-refractivity contribution in [1.82, 2.24) is 19.8 Å². The molecule has 2 amide bonds. The van der Waals surface area contributed by atoms with Crippen molar-refractivity contribution in [3.8, 4) is 0 Å². The predicted molar refractivity (Wildman–Crippen MR) is 108 cm³/mol. The van der Waals surface area contributed by atoms with E-state index in [2.05, 4.69) is 23.8 Å². The maximum atomic E-state index is 12.7. The lowest BCUT2D eigenvalue weighted by Crippen LogP contribution is -2.51. The molecule has 0 bridgehead atoms. The van der Waals surface area contributed by atoms with E-state index in [0.29, 0.717) is 31.9 Å². The summed E-state index contributed by atoms with van der Waals surface area (Å²) in [6.07, 6.45) is 2.06. The quantitative estimate of drug-likeness (QED) is 0.579. The SMILES string of the molecule is Cc1nc(SCC(=O)N2CCN(C(=O)C3CC3)CC2)c2c(C)c(C)sc2n1. The van der Waals surface area contributed by atoms with Gasteiger partial charge in [0.2, 0.25) is 11.8 Å². The van der Waals surface area contributed by atoms with Crippen LogP contribution >= 0.6 is 23.1 Å². The number of carbonyl (C=O) groups excluding carboxylic acids is 2. The van der Waals surface area contributed by atoms with Crippen LogP contribution in [0.2, 0.25) is 0 Å². The molecule has 0 radical (unpaired) electrons. The van der Waals surface area contributed by atoms with Crippen LogP contribution in [0.15, 0.2) is 5.03 Å². The van der Waals surface area contributed by atoms with Crippen LogP contribution in [0.25, 0.3) is 10.2 Å².